The van der Waals surface area contributed by atoms with E-state index in [1.165, 1.54) is 0 Å². The van der Waals surface area contributed by atoms with Gasteiger partial charge in [-0.2, -0.15) is 0 Å². The van der Waals surface area contributed by atoms with Crippen LogP contribution < -0.4 is 5.32 Å². The molecule has 92 valence electrons. The zero-order valence-electron chi connectivity index (χ0n) is 10.4. The maximum Gasteiger partial charge on any atom is 0.134 e. The summed E-state index contributed by atoms with van der Waals surface area (Å²) in [5.74, 6) is 1.04. The molecule has 0 spiro atoms. The van der Waals surface area contributed by atoms with Gasteiger partial charge in [0, 0.05) is 32.2 Å². The van der Waals surface area contributed by atoms with Crippen LogP contribution in [0.5, 0.6) is 0 Å². The molecule has 0 saturated carbocycles. The number of aryl methyl sites for hydroxylation is 1. The Morgan fingerprint density at radius 3 is 3.00 bits per heavy atom. The molecule has 0 radical (unpaired) electrons. The van der Waals surface area contributed by atoms with Gasteiger partial charge < -0.3 is 14.6 Å². The van der Waals surface area contributed by atoms with Crippen molar-refractivity contribution in [3.05, 3.63) is 12.2 Å². The lowest BCUT2D eigenvalue weighted by molar-refractivity contribution is 0.127. The predicted octanol–water partition coefficient (Wildman–Crippen LogP) is 0.855. The van der Waals surface area contributed by atoms with Crippen molar-refractivity contribution < 1.29 is 4.74 Å². The van der Waals surface area contributed by atoms with Crippen molar-refractivity contribution in [2.24, 2.45) is 0 Å². The molecule has 1 atom stereocenters. The van der Waals surface area contributed by atoms with Crippen LogP contribution in [0.15, 0.2) is 6.33 Å². The molecule has 1 rings (SSSR count). The van der Waals surface area contributed by atoms with Crippen LogP contribution >= 0.6 is 0 Å². The summed E-state index contributed by atoms with van der Waals surface area (Å²) in [6.45, 7) is 9.60. The molecule has 0 fully saturated rings. The number of ether oxygens (including phenoxy) is 1. The fraction of sp³-hybridized carbons (Fsp3) is 0.818. The maximum atomic E-state index is 5.33. The van der Waals surface area contributed by atoms with E-state index in [9.17, 15) is 0 Å². The highest BCUT2D eigenvalue weighted by molar-refractivity contribution is 4.86. The molecule has 1 aromatic heterocycles. The molecule has 1 heterocycles. The minimum Gasteiger partial charge on any atom is -0.380 e. The lowest BCUT2D eigenvalue weighted by atomic mass is 10.3. The van der Waals surface area contributed by atoms with Crippen LogP contribution in [0.1, 0.15) is 26.6 Å². The number of nitrogens with zero attached hydrogens (tertiary/aromatic N) is 3. The van der Waals surface area contributed by atoms with E-state index < -0.39 is 0 Å². The van der Waals surface area contributed by atoms with E-state index >= 15 is 0 Å². The average molecular weight is 226 g/mol. The largest absolute Gasteiger partial charge is 0.380 e. The molecule has 0 saturated heterocycles. The van der Waals surface area contributed by atoms with Gasteiger partial charge in [-0.1, -0.05) is 0 Å². The Bertz CT molecular complexity index is 287. The van der Waals surface area contributed by atoms with E-state index in [1.54, 1.807) is 6.33 Å². The van der Waals surface area contributed by atoms with Crippen molar-refractivity contribution >= 4 is 0 Å². The molecule has 0 bridgehead atoms. The van der Waals surface area contributed by atoms with Crippen LogP contribution in [0.25, 0.3) is 0 Å². The SMILES string of the molecule is CCOCC(C)NCCc1nncn1CC. The van der Waals surface area contributed by atoms with E-state index in [0.717, 1.165) is 38.5 Å². The van der Waals surface area contributed by atoms with Crippen LogP contribution in [0, 0.1) is 0 Å². The summed E-state index contributed by atoms with van der Waals surface area (Å²) in [5.41, 5.74) is 0. The molecule has 0 aliphatic heterocycles. The van der Waals surface area contributed by atoms with Gasteiger partial charge in [-0.25, -0.2) is 0 Å². The third-order valence-electron chi connectivity index (χ3n) is 2.45. The van der Waals surface area contributed by atoms with Crippen LogP contribution in [0.2, 0.25) is 0 Å². The smallest absolute Gasteiger partial charge is 0.134 e. The highest BCUT2D eigenvalue weighted by Gasteiger charge is 2.04. The van der Waals surface area contributed by atoms with E-state index in [2.05, 4.69) is 33.9 Å². The van der Waals surface area contributed by atoms with Gasteiger partial charge in [0.15, 0.2) is 0 Å². The summed E-state index contributed by atoms with van der Waals surface area (Å²) in [7, 11) is 0. The zero-order valence-corrected chi connectivity index (χ0v) is 10.4. The summed E-state index contributed by atoms with van der Waals surface area (Å²) < 4.78 is 7.40. The third kappa shape index (κ3) is 4.28. The van der Waals surface area contributed by atoms with Crippen molar-refractivity contribution in [2.75, 3.05) is 19.8 Å². The second kappa shape index (κ2) is 7.35. The zero-order chi connectivity index (χ0) is 11.8. The van der Waals surface area contributed by atoms with Crippen LogP contribution in [-0.2, 0) is 17.7 Å². The molecule has 1 unspecified atom stereocenters. The summed E-state index contributed by atoms with van der Waals surface area (Å²) in [5, 5.41) is 11.4. The van der Waals surface area contributed by atoms with Gasteiger partial charge in [-0.3, -0.25) is 0 Å². The van der Waals surface area contributed by atoms with Gasteiger partial charge in [0.1, 0.15) is 12.2 Å². The first-order chi connectivity index (χ1) is 7.77. The molecule has 16 heavy (non-hydrogen) atoms. The number of hydrogen-bond donors (Lipinski definition) is 1. The van der Waals surface area contributed by atoms with E-state index in [4.69, 9.17) is 4.74 Å². The second-order valence-electron chi connectivity index (χ2n) is 3.80. The van der Waals surface area contributed by atoms with Crippen molar-refractivity contribution in [1.82, 2.24) is 20.1 Å². The lowest BCUT2D eigenvalue weighted by Crippen LogP contribution is -2.32. The van der Waals surface area contributed by atoms with E-state index in [-0.39, 0.29) is 0 Å². The van der Waals surface area contributed by atoms with Crippen molar-refractivity contribution in [1.29, 1.82) is 0 Å². The third-order valence-corrected chi connectivity index (χ3v) is 2.45. The fourth-order valence-corrected chi connectivity index (χ4v) is 1.52. The first kappa shape index (κ1) is 13.1. The maximum absolute atomic E-state index is 5.33. The molecular formula is C11H22N4O. The monoisotopic (exact) mass is 226 g/mol. The molecule has 1 N–H and O–H groups in total. The summed E-state index contributed by atoms with van der Waals surface area (Å²) in [6.07, 6.45) is 2.68. The first-order valence-corrected chi connectivity index (χ1v) is 5.95. The van der Waals surface area contributed by atoms with E-state index in [1.807, 2.05) is 6.92 Å². The molecule has 5 heteroatoms. The van der Waals surface area contributed by atoms with E-state index in [0.29, 0.717) is 6.04 Å². The molecule has 0 amide bonds. The molecular weight excluding hydrogens is 204 g/mol. The average Bonchev–Trinajstić information content (AvgIpc) is 2.74. The normalized spacial score (nSPS) is 12.9. The highest BCUT2D eigenvalue weighted by atomic mass is 16.5. The number of hydrogen-bond acceptors (Lipinski definition) is 4. The first-order valence-electron chi connectivity index (χ1n) is 5.95. The molecule has 0 aliphatic carbocycles. The van der Waals surface area contributed by atoms with Crippen molar-refractivity contribution in [3.8, 4) is 0 Å². The Balaban J connectivity index is 2.20. The molecule has 0 aliphatic rings. The topological polar surface area (TPSA) is 52.0 Å². The lowest BCUT2D eigenvalue weighted by Gasteiger charge is -2.13. The molecule has 5 nitrogen and oxygen atoms in total. The molecule has 1 aromatic rings. The summed E-state index contributed by atoms with van der Waals surface area (Å²) in [6, 6.07) is 0.387. The van der Waals surface area contributed by atoms with Gasteiger partial charge in [-0.05, 0) is 20.8 Å². The Morgan fingerprint density at radius 2 is 2.31 bits per heavy atom. The quantitative estimate of drug-likeness (QED) is 0.714. The van der Waals surface area contributed by atoms with Gasteiger partial charge in [0.2, 0.25) is 0 Å². The van der Waals surface area contributed by atoms with Crippen LogP contribution in [-0.4, -0.2) is 40.6 Å². The van der Waals surface area contributed by atoms with Crippen LogP contribution in [0.3, 0.4) is 0 Å². The number of nitrogens with one attached hydrogen (secondary N) is 1. The predicted molar refractivity (Wildman–Crippen MR) is 63.4 cm³/mol. The number of aromatic nitrogens is 3. The minimum absolute atomic E-state index is 0.387. The summed E-state index contributed by atoms with van der Waals surface area (Å²) >= 11 is 0. The Kier molecular flexibility index (Phi) is 6.03. The van der Waals surface area contributed by atoms with Gasteiger partial charge >= 0.3 is 0 Å². The number of rotatable bonds is 8. The van der Waals surface area contributed by atoms with Crippen LogP contribution in [0.4, 0.5) is 0 Å². The Labute approximate surface area is 97.2 Å². The van der Waals surface area contributed by atoms with Gasteiger partial charge in [0.25, 0.3) is 0 Å². The van der Waals surface area contributed by atoms with Crippen molar-refractivity contribution in [3.63, 3.8) is 0 Å². The fourth-order valence-electron chi connectivity index (χ4n) is 1.52. The Morgan fingerprint density at radius 1 is 1.50 bits per heavy atom. The molecule has 0 aromatic carbocycles. The standard InChI is InChI=1S/C11H22N4O/c1-4-15-9-13-14-11(15)6-7-12-10(3)8-16-5-2/h9-10,12H,4-8H2,1-3H3. The minimum atomic E-state index is 0.387. The second-order valence-corrected chi connectivity index (χ2v) is 3.80. The highest BCUT2D eigenvalue weighted by Crippen LogP contribution is 1.95. The van der Waals surface area contributed by atoms with Gasteiger partial charge in [-0.15, -0.1) is 10.2 Å². The van der Waals surface area contributed by atoms with Gasteiger partial charge in [0.05, 0.1) is 6.61 Å². The van der Waals surface area contributed by atoms with Crippen molar-refractivity contribution in [2.45, 2.75) is 39.8 Å². The summed E-state index contributed by atoms with van der Waals surface area (Å²) in [4.78, 5) is 0. The Hall–Kier alpha value is -0.940.